The zero-order chi connectivity index (χ0) is 15.1. The lowest BCUT2D eigenvalue weighted by Crippen LogP contribution is -2.13. The standard InChI is InChI=1S/C16H19N3O2/c1-17-14-7-8-15(18-11-14)16(21)19-13-6-2-4-12(10-13)5-3-9-20/h2,4,6-8,10-11,17,20H,3,5,9H2,1H3,(H,19,21). The number of hydrogen-bond donors (Lipinski definition) is 3. The normalized spacial score (nSPS) is 10.2. The van der Waals surface area contributed by atoms with Gasteiger partial charge in [-0.2, -0.15) is 0 Å². The minimum atomic E-state index is -0.239. The fourth-order valence-electron chi connectivity index (χ4n) is 1.96. The molecule has 0 fully saturated rings. The Hall–Kier alpha value is -2.40. The third kappa shape index (κ3) is 4.29. The summed E-state index contributed by atoms with van der Waals surface area (Å²) in [4.78, 5) is 16.2. The van der Waals surface area contributed by atoms with E-state index in [0.29, 0.717) is 12.1 Å². The minimum Gasteiger partial charge on any atom is -0.396 e. The molecule has 110 valence electrons. The number of aliphatic hydroxyl groups excluding tert-OH is 1. The van der Waals surface area contributed by atoms with E-state index < -0.39 is 0 Å². The molecule has 1 aromatic carbocycles. The second kappa shape index (κ2) is 7.40. The van der Waals surface area contributed by atoms with Crippen molar-refractivity contribution in [3.63, 3.8) is 0 Å². The minimum absolute atomic E-state index is 0.165. The van der Waals surface area contributed by atoms with Crippen LogP contribution in [0.15, 0.2) is 42.6 Å². The highest BCUT2D eigenvalue weighted by molar-refractivity contribution is 6.02. The highest BCUT2D eigenvalue weighted by Gasteiger charge is 2.07. The first-order chi connectivity index (χ1) is 10.2. The monoisotopic (exact) mass is 285 g/mol. The molecule has 0 spiro atoms. The van der Waals surface area contributed by atoms with Crippen LogP contribution in [0, 0.1) is 0 Å². The number of pyridine rings is 1. The lowest BCUT2D eigenvalue weighted by atomic mass is 10.1. The van der Waals surface area contributed by atoms with Gasteiger partial charge < -0.3 is 15.7 Å². The number of anilines is 2. The summed E-state index contributed by atoms with van der Waals surface area (Å²) in [6, 6.07) is 11.1. The Bertz CT molecular complexity index is 597. The first kappa shape index (κ1) is 15.0. The molecule has 0 bridgehead atoms. The van der Waals surface area contributed by atoms with Gasteiger partial charge in [0.05, 0.1) is 11.9 Å². The Kier molecular flexibility index (Phi) is 5.29. The summed E-state index contributed by atoms with van der Waals surface area (Å²) in [5.41, 5.74) is 3.04. The van der Waals surface area contributed by atoms with Gasteiger partial charge in [0.2, 0.25) is 0 Å². The van der Waals surface area contributed by atoms with Crippen LogP contribution in [-0.4, -0.2) is 29.7 Å². The Morgan fingerprint density at radius 2 is 2.10 bits per heavy atom. The molecule has 0 saturated heterocycles. The number of carbonyl (C=O) groups excluding carboxylic acids is 1. The van der Waals surface area contributed by atoms with Crippen molar-refractivity contribution >= 4 is 17.3 Å². The summed E-state index contributed by atoms with van der Waals surface area (Å²) in [6.45, 7) is 0.165. The number of benzene rings is 1. The summed E-state index contributed by atoms with van der Waals surface area (Å²) in [5.74, 6) is -0.239. The Balaban J connectivity index is 2.04. The molecule has 5 nitrogen and oxygen atoms in total. The largest absolute Gasteiger partial charge is 0.396 e. The van der Waals surface area contributed by atoms with Crippen molar-refractivity contribution in [2.75, 3.05) is 24.3 Å². The van der Waals surface area contributed by atoms with Crippen LogP contribution >= 0.6 is 0 Å². The molecule has 5 heteroatoms. The molecule has 1 heterocycles. The lowest BCUT2D eigenvalue weighted by molar-refractivity contribution is 0.102. The number of nitrogens with zero attached hydrogens (tertiary/aromatic N) is 1. The number of hydrogen-bond acceptors (Lipinski definition) is 4. The van der Waals surface area contributed by atoms with Crippen LogP contribution in [0.4, 0.5) is 11.4 Å². The van der Waals surface area contributed by atoms with Gasteiger partial charge in [-0.25, -0.2) is 4.98 Å². The smallest absolute Gasteiger partial charge is 0.274 e. The summed E-state index contributed by atoms with van der Waals surface area (Å²) in [6.07, 6.45) is 3.12. The third-order valence-electron chi connectivity index (χ3n) is 3.09. The van der Waals surface area contributed by atoms with Crippen LogP contribution in [0.1, 0.15) is 22.5 Å². The molecule has 0 aliphatic carbocycles. The van der Waals surface area contributed by atoms with E-state index in [-0.39, 0.29) is 12.5 Å². The third-order valence-corrected chi connectivity index (χ3v) is 3.09. The number of aliphatic hydroxyl groups is 1. The van der Waals surface area contributed by atoms with Crippen molar-refractivity contribution < 1.29 is 9.90 Å². The molecule has 1 aromatic heterocycles. The molecule has 21 heavy (non-hydrogen) atoms. The SMILES string of the molecule is CNc1ccc(C(=O)Nc2cccc(CCCO)c2)nc1. The summed E-state index contributed by atoms with van der Waals surface area (Å²) >= 11 is 0. The summed E-state index contributed by atoms with van der Waals surface area (Å²) < 4.78 is 0. The van der Waals surface area contributed by atoms with Gasteiger partial charge in [0.15, 0.2) is 0 Å². The van der Waals surface area contributed by atoms with Gasteiger partial charge in [-0.15, -0.1) is 0 Å². The lowest BCUT2D eigenvalue weighted by Gasteiger charge is -2.07. The zero-order valence-corrected chi connectivity index (χ0v) is 12.0. The van der Waals surface area contributed by atoms with Crippen molar-refractivity contribution in [1.82, 2.24) is 4.98 Å². The van der Waals surface area contributed by atoms with Crippen LogP contribution in [0.3, 0.4) is 0 Å². The van der Waals surface area contributed by atoms with Crippen LogP contribution < -0.4 is 10.6 Å². The average molecular weight is 285 g/mol. The van der Waals surface area contributed by atoms with E-state index in [0.717, 1.165) is 23.4 Å². The summed E-state index contributed by atoms with van der Waals surface area (Å²) in [7, 11) is 1.80. The predicted molar refractivity (Wildman–Crippen MR) is 83.6 cm³/mol. The number of rotatable bonds is 6. The van der Waals surface area contributed by atoms with Crippen molar-refractivity contribution in [1.29, 1.82) is 0 Å². The Morgan fingerprint density at radius 1 is 1.24 bits per heavy atom. The van der Waals surface area contributed by atoms with Crippen LogP contribution in [0.2, 0.25) is 0 Å². The number of carbonyl (C=O) groups is 1. The van der Waals surface area contributed by atoms with Gasteiger partial charge in [0, 0.05) is 19.3 Å². The Labute approximate surface area is 124 Å². The average Bonchev–Trinajstić information content (AvgIpc) is 2.53. The molecule has 2 aromatic rings. The van der Waals surface area contributed by atoms with Gasteiger partial charge in [-0.05, 0) is 42.7 Å². The highest BCUT2D eigenvalue weighted by Crippen LogP contribution is 2.14. The fourth-order valence-corrected chi connectivity index (χ4v) is 1.96. The second-order valence-corrected chi connectivity index (χ2v) is 4.66. The number of aryl methyl sites for hydroxylation is 1. The molecule has 0 unspecified atom stereocenters. The van der Waals surface area contributed by atoms with Gasteiger partial charge in [-0.1, -0.05) is 12.1 Å². The Morgan fingerprint density at radius 3 is 2.76 bits per heavy atom. The first-order valence-electron chi connectivity index (χ1n) is 6.88. The molecule has 1 amide bonds. The van der Waals surface area contributed by atoms with Crippen molar-refractivity contribution in [2.45, 2.75) is 12.8 Å². The predicted octanol–water partition coefficient (Wildman–Crippen LogP) is 2.30. The second-order valence-electron chi connectivity index (χ2n) is 4.66. The quantitative estimate of drug-likeness (QED) is 0.761. The summed E-state index contributed by atoms with van der Waals surface area (Å²) in [5, 5.41) is 14.6. The molecular weight excluding hydrogens is 266 g/mol. The maximum Gasteiger partial charge on any atom is 0.274 e. The molecule has 0 aliphatic heterocycles. The van der Waals surface area contributed by atoms with E-state index in [9.17, 15) is 4.79 Å². The van der Waals surface area contributed by atoms with E-state index in [2.05, 4.69) is 15.6 Å². The fraction of sp³-hybridized carbons (Fsp3) is 0.250. The van der Waals surface area contributed by atoms with Gasteiger partial charge in [0.25, 0.3) is 5.91 Å². The van der Waals surface area contributed by atoms with Crippen molar-refractivity contribution in [3.8, 4) is 0 Å². The topological polar surface area (TPSA) is 74.2 Å². The number of nitrogens with one attached hydrogen (secondary N) is 2. The molecule has 0 aliphatic rings. The van der Waals surface area contributed by atoms with Crippen molar-refractivity contribution in [3.05, 3.63) is 53.9 Å². The molecule has 3 N–H and O–H groups in total. The zero-order valence-electron chi connectivity index (χ0n) is 12.0. The highest BCUT2D eigenvalue weighted by atomic mass is 16.2. The van der Waals surface area contributed by atoms with E-state index >= 15 is 0 Å². The van der Waals surface area contributed by atoms with Crippen molar-refractivity contribution in [2.24, 2.45) is 0 Å². The van der Waals surface area contributed by atoms with Crippen LogP contribution in [0.5, 0.6) is 0 Å². The van der Waals surface area contributed by atoms with Crippen LogP contribution in [0.25, 0.3) is 0 Å². The number of amides is 1. The molecule has 2 rings (SSSR count). The molecule has 0 radical (unpaired) electrons. The van der Waals surface area contributed by atoms with Gasteiger partial charge >= 0.3 is 0 Å². The first-order valence-corrected chi connectivity index (χ1v) is 6.88. The van der Waals surface area contributed by atoms with E-state index in [1.807, 2.05) is 24.3 Å². The van der Waals surface area contributed by atoms with Gasteiger partial charge in [0.1, 0.15) is 5.69 Å². The van der Waals surface area contributed by atoms with E-state index in [1.54, 1.807) is 25.4 Å². The molecular formula is C16H19N3O2. The number of aromatic nitrogens is 1. The molecule has 0 saturated carbocycles. The van der Waals surface area contributed by atoms with E-state index in [4.69, 9.17) is 5.11 Å². The molecule has 0 atom stereocenters. The maximum absolute atomic E-state index is 12.1. The van der Waals surface area contributed by atoms with Crippen LogP contribution in [-0.2, 0) is 6.42 Å². The van der Waals surface area contributed by atoms with E-state index in [1.165, 1.54) is 0 Å². The maximum atomic E-state index is 12.1. The van der Waals surface area contributed by atoms with Gasteiger partial charge in [-0.3, -0.25) is 4.79 Å².